The molecule has 1 saturated carbocycles. The topological polar surface area (TPSA) is 40.5 Å². The second-order valence-electron chi connectivity index (χ2n) is 14.0. The van der Waals surface area contributed by atoms with E-state index in [-0.39, 0.29) is 32.5 Å². The highest BCUT2D eigenvalue weighted by molar-refractivity contribution is 5.31. The molecule has 0 radical (unpaired) electrons. The molecule has 1 fully saturated rings. The van der Waals surface area contributed by atoms with E-state index in [1.165, 1.54) is 5.56 Å². The molecule has 0 atom stereocenters. The normalized spacial score (nSPS) is 25.2. The number of phenols is 1. The van der Waals surface area contributed by atoms with Crippen LogP contribution in [0.25, 0.3) is 0 Å². The van der Waals surface area contributed by atoms with E-state index in [4.69, 9.17) is 0 Å². The number of phenolic OH excluding ortho intramolecular Hbond substituents is 1. The van der Waals surface area contributed by atoms with Crippen molar-refractivity contribution in [2.24, 2.45) is 32.5 Å². The van der Waals surface area contributed by atoms with Crippen molar-refractivity contribution in [1.82, 2.24) is 0 Å². The van der Waals surface area contributed by atoms with Crippen molar-refractivity contribution >= 4 is 0 Å². The summed E-state index contributed by atoms with van der Waals surface area (Å²) >= 11 is 0. The molecule has 1 aliphatic carbocycles. The molecule has 0 saturated heterocycles. The Morgan fingerprint density at radius 2 is 0.933 bits per heavy atom. The molecule has 1 aromatic carbocycles. The molecular weight excluding hydrogens is 368 g/mol. The van der Waals surface area contributed by atoms with Gasteiger partial charge in [-0.05, 0) is 58.1 Å². The highest BCUT2D eigenvalue weighted by Gasteiger charge is 2.69. The summed E-state index contributed by atoms with van der Waals surface area (Å²) in [7, 11) is 0. The number of benzene rings is 1. The lowest BCUT2D eigenvalue weighted by Crippen LogP contribution is -2.69. The van der Waals surface area contributed by atoms with E-state index >= 15 is 0 Å². The van der Waals surface area contributed by atoms with E-state index in [2.05, 4.69) is 95.2 Å². The van der Waals surface area contributed by atoms with Gasteiger partial charge in [0.2, 0.25) is 0 Å². The van der Waals surface area contributed by atoms with E-state index in [9.17, 15) is 10.2 Å². The smallest absolute Gasteiger partial charge is 0.115 e. The Hall–Kier alpha value is -1.02. The zero-order chi connectivity index (χ0) is 23.6. The van der Waals surface area contributed by atoms with Crippen molar-refractivity contribution in [2.75, 3.05) is 0 Å². The largest absolute Gasteiger partial charge is 0.508 e. The predicted octanol–water partition coefficient (Wildman–Crippen LogP) is 7.79. The fraction of sp³-hybridized carbons (Fsp3) is 0.786. The van der Waals surface area contributed by atoms with Gasteiger partial charge < -0.3 is 10.2 Å². The van der Waals surface area contributed by atoms with Crippen molar-refractivity contribution in [2.45, 2.75) is 108 Å². The van der Waals surface area contributed by atoms with Gasteiger partial charge in [0.25, 0.3) is 0 Å². The lowest BCUT2D eigenvalue weighted by atomic mass is 9.35. The number of hydrogen-bond acceptors (Lipinski definition) is 2. The second kappa shape index (κ2) is 7.26. The maximum atomic E-state index is 12.5. The van der Waals surface area contributed by atoms with E-state index in [0.717, 1.165) is 12.8 Å². The van der Waals surface area contributed by atoms with Gasteiger partial charge in [0.15, 0.2) is 0 Å². The van der Waals surface area contributed by atoms with E-state index < -0.39 is 6.10 Å². The summed E-state index contributed by atoms with van der Waals surface area (Å²) in [5.74, 6) is 0.635. The fourth-order valence-corrected chi connectivity index (χ4v) is 7.59. The van der Waals surface area contributed by atoms with Crippen molar-refractivity contribution < 1.29 is 10.2 Å². The molecule has 0 unspecified atom stereocenters. The van der Waals surface area contributed by atoms with Crippen LogP contribution in [0.5, 0.6) is 5.75 Å². The minimum absolute atomic E-state index is 0.0813. The number of rotatable bonds is 1. The van der Waals surface area contributed by atoms with Crippen LogP contribution < -0.4 is 0 Å². The number of aliphatic hydroxyl groups is 1. The highest BCUT2D eigenvalue weighted by Crippen LogP contribution is 2.72. The molecule has 2 heteroatoms. The van der Waals surface area contributed by atoms with E-state index in [1.54, 1.807) is 0 Å². The van der Waals surface area contributed by atoms with Gasteiger partial charge >= 0.3 is 0 Å². The van der Waals surface area contributed by atoms with Crippen molar-refractivity contribution in [1.29, 1.82) is 0 Å². The fourth-order valence-electron chi connectivity index (χ4n) is 7.59. The van der Waals surface area contributed by atoms with Gasteiger partial charge in [0.1, 0.15) is 5.75 Å². The molecule has 1 aromatic rings. The Balaban J connectivity index is 2.92. The molecule has 0 heterocycles. The third-order valence-electron chi connectivity index (χ3n) is 8.79. The summed E-state index contributed by atoms with van der Waals surface area (Å²) in [4.78, 5) is 0. The summed E-state index contributed by atoms with van der Waals surface area (Å²) in [6.45, 7) is 27.8. The average molecular weight is 417 g/mol. The van der Waals surface area contributed by atoms with Gasteiger partial charge in [-0.3, -0.25) is 0 Å². The molecule has 2 N–H and O–H groups in total. The predicted molar refractivity (Wildman–Crippen MR) is 129 cm³/mol. The van der Waals surface area contributed by atoms with Gasteiger partial charge in [-0.2, -0.15) is 0 Å². The van der Waals surface area contributed by atoms with E-state index in [1.807, 2.05) is 12.1 Å². The lowest BCUT2D eigenvalue weighted by molar-refractivity contribution is -0.265. The standard InChI is InChI=1S/C28H48O2/c1-23(2,3)27(24(4,5)6)17-20(19-13-15-21(29)16-14-19)18-28(22(27)30,25(7,8)9)26(10,11)12/h13-16,20,22,29-30H,17-18H2,1-12H3. The molecule has 0 aliphatic heterocycles. The molecular formula is C28H48O2. The van der Waals surface area contributed by atoms with Crippen LogP contribution in [0.1, 0.15) is 107 Å². The van der Waals surface area contributed by atoms with Gasteiger partial charge in [-0.25, -0.2) is 0 Å². The van der Waals surface area contributed by atoms with E-state index in [0.29, 0.717) is 11.7 Å². The number of hydrogen-bond donors (Lipinski definition) is 2. The Morgan fingerprint density at radius 3 is 1.20 bits per heavy atom. The van der Waals surface area contributed by atoms with Crippen molar-refractivity contribution in [3.63, 3.8) is 0 Å². The molecule has 2 rings (SSSR count). The van der Waals surface area contributed by atoms with Gasteiger partial charge in [-0.1, -0.05) is 95.2 Å². The summed E-state index contributed by atoms with van der Waals surface area (Å²) < 4.78 is 0. The van der Waals surface area contributed by atoms with Crippen LogP contribution in [0.15, 0.2) is 24.3 Å². The van der Waals surface area contributed by atoms with Crippen LogP contribution in [-0.2, 0) is 0 Å². The Labute approximate surface area is 186 Å². The first-order chi connectivity index (χ1) is 13.2. The molecule has 0 amide bonds. The third kappa shape index (κ3) is 3.61. The van der Waals surface area contributed by atoms with Crippen LogP contribution in [0, 0.1) is 32.5 Å². The van der Waals surface area contributed by atoms with Crippen molar-refractivity contribution in [3.05, 3.63) is 29.8 Å². The Morgan fingerprint density at radius 1 is 0.633 bits per heavy atom. The average Bonchev–Trinajstić information content (AvgIpc) is 2.51. The second-order valence-corrected chi connectivity index (χ2v) is 14.0. The van der Waals surface area contributed by atoms with Gasteiger partial charge in [0, 0.05) is 10.8 Å². The SMILES string of the molecule is CC(C)(C)C1(C(C)(C)C)CC(c2ccc(O)cc2)CC(C(C)(C)C)(C(C)(C)C)C1O. The molecule has 0 bridgehead atoms. The molecule has 0 spiro atoms. The zero-order valence-electron chi connectivity index (χ0n) is 21.8. The summed E-state index contributed by atoms with van der Waals surface area (Å²) in [5.41, 5.74) is 0.395. The third-order valence-corrected chi connectivity index (χ3v) is 8.79. The maximum Gasteiger partial charge on any atom is 0.115 e. The summed E-state index contributed by atoms with van der Waals surface area (Å²) in [6.07, 6.45) is 1.46. The molecule has 172 valence electrons. The van der Waals surface area contributed by atoms with Crippen LogP contribution in [0.3, 0.4) is 0 Å². The Kier molecular flexibility index (Phi) is 6.11. The van der Waals surface area contributed by atoms with Crippen LogP contribution in [0.4, 0.5) is 0 Å². The first-order valence-electron chi connectivity index (χ1n) is 11.7. The van der Waals surface area contributed by atoms with Crippen LogP contribution in [0.2, 0.25) is 0 Å². The Bertz CT molecular complexity index is 659. The minimum Gasteiger partial charge on any atom is -0.508 e. The number of aromatic hydroxyl groups is 1. The molecule has 0 aromatic heterocycles. The quantitative estimate of drug-likeness (QED) is 0.490. The summed E-state index contributed by atoms with van der Waals surface area (Å²) in [5, 5.41) is 22.4. The molecule has 2 nitrogen and oxygen atoms in total. The monoisotopic (exact) mass is 416 g/mol. The van der Waals surface area contributed by atoms with Crippen LogP contribution in [-0.4, -0.2) is 16.3 Å². The van der Waals surface area contributed by atoms with Crippen molar-refractivity contribution in [3.8, 4) is 5.75 Å². The maximum absolute atomic E-state index is 12.5. The lowest BCUT2D eigenvalue weighted by Gasteiger charge is -2.71. The molecule has 1 aliphatic rings. The molecule has 30 heavy (non-hydrogen) atoms. The highest BCUT2D eigenvalue weighted by atomic mass is 16.3. The zero-order valence-corrected chi connectivity index (χ0v) is 21.8. The van der Waals surface area contributed by atoms with Gasteiger partial charge in [0.05, 0.1) is 6.10 Å². The summed E-state index contributed by atoms with van der Waals surface area (Å²) in [6, 6.07) is 7.80. The van der Waals surface area contributed by atoms with Gasteiger partial charge in [-0.15, -0.1) is 0 Å². The van der Waals surface area contributed by atoms with Crippen LogP contribution >= 0.6 is 0 Å². The first kappa shape index (κ1) is 25.2. The minimum atomic E-state index is -0.432. The first-order valence-corrected chi connectivity index (χ1v) is 11.7. The number of aliphatic hydroxyl groups excluding tert-OH is 1.